The van der Waals surface area contributed by atoms with E-state index in [0.717, 1.165) is 12.0 Å². The maximum absolute atomic E-state index is 12.0. The van der Waals surface area contributed by atoms with Crippen LogP contribution in [0.1, 0.15) is 18.9 Å². The Balaban J connectivity index is 2.47. The van der Waals surface area contributed by atoms with Gasteiger partial charge in [0.25, 0.3) is 0 Å². The van der Waals surface area contributed by atoms with E-state index in [0.29, 0.717) is 13.2 Å². The number of ether oxygens (including phenoxy) is 1. The third-order valence-corrected chi connectivity index (χ3v) is 2.69. The Kier molecular flexibility index (Phi) is 5.39. The van der Waals surface area contributed by atoms with Gasteiger partial charge in [-0.2, -0.15) is 0 Å². The van der Waals surface area contributed by atoms with E-state index in [-0.39, 0.29) is 5.91 Å². The fourth-order valence-corrected chi connectivity index (χ4v) is 1.54. The van der Waals surface area contributed by atoms with Gasteiger partial charge in [0, 0.05) is 6.54 Å². The first-order valence-electron chi connectivity index (χ1n) is 5.94. The summed E-state index contributed by atoms with van der Waals surface area (Å²) in [4.78, 5) is 12.0. The largest absolute Gasteiger partial charge is 0.502 e. The van der Waals surface area contributed by atoms with E-state index in [4.69, 9.17) is 10.5 Å². The van der Waals surface area contributed by atoms with Crippen molar-refractivity contribution >= 4 is 5.91 Å². The van der Waals surface area contributed by atoms with Crippen LogP contribution in [0.2, 0.25) is 0 Å². The van der Waals surface area contributed by atoms with Gasteiger partial charge >= 0.3 is 0 Å². The number of benzene rings is 1. The van der Waals surface area contributed by atoms with Gasteiger partial charge in [0.15, 0.2) is 0 Å². The van der Waals surface area contributed by atoms with E-state index in [2.05, 4.69) is 11.9 Å². The second-order valence-corrected chi connectivity index (χ2v) is 4.22. The van der Waals surface area contributed by atoms with Gasteiger partial charge in [-0.1, -0.05) is 36.9 Å². The van der Waals surface area contributed by atoms with Crippen molar-refractivity contribution in [1.82, 2.24) is 5.32 Å². The first kappa shape index (κ1) is 14.3. The van der Waals surface area contributed by atoms with Gasteiger partial charge in [0.05, 0.1) is 12.9 Å². The Labute approximate surface area is 108 Å². The van der Waals surface area contributed by atoms with E-state index < -0.39 is 5.54 Å². The number of hydrogen-bond acceptors (Lipinski definition) is 3. The Hall–Kier alpha value is -1.81. The minimum absolute atomic E-state index is 0.188. The highest BCUT2D eigenvalue weighted by Crippen LogP contribution is 2.17. The molecule has 0 fully saturated rings. The molecule has 0 aliphatic carbocycles. The van der Waals surface area contributed by atoms with E-state index in [1.54, 1.807) is 6.92 Å². The van der Waals surface area contributed by atoms with Crippen molar-refractivity contribution in [3.8, 4) is 0 Å². The number of hydrogen-bond donors (Lipinski definition) is 2. The molecule has 0 aliphatic rings. The fraction of sp³-hybridized carbons (Fsp3) is 0.357. The van der Waals surface area contributed by atoms with Crippen molar-refractivity contribution in [2.24, 2.45) is 5.73 Å². The van der Waals surface area contributed by atoms with E-state index >= 15 is 0 Å². The third kappa shape index (κ3) is 3.89. The number of nitrogens with two attached hydrogens (primary N) is 1. The molecule has 0 aliphatic heterocycles. The zero-order chi connectivity index (χ0) is 13.4. The number of carbonyl (C=O) groups excluding carboxylic acids is 1. The minimum Gasteiger partial charge on any atom is -0.502 e. The molecule has 4 heteroatoms. The lowest BCUT2D eigenvalue weighted by Gasteiger charge is -2.24. The van der Waals surface area contributed by atoms with E-state index in [1.807, 2.05) is 30.3 Å². The molecule has 1 amide bonds. The molecule has 0 aromatic heterocycles. The molecule has 4 nitrogen and oxygen atoms in total. The van der Waals surface area contributed by atoms with Crippen molar-refractivity contribution in [3.63, 3.8) is 0 Å². The van der Waals surface area contributed by atoms with Crippen molar-refractivity contribution < 1.29 is 9.53 Å². The predicted octanol–water partition coefficient (Wildman–Crippen LogP) is 1.53. The van der Waals surface area contributed by atoms with Gasteiger partial charge in [-0.05, 0) is 18.9 Å². The molecular weight excluding hydrogens is 228 g/mol. The standard InChI is InChI=1S/C14H20N2O2/c1-3-18-11-7-10-16-13(17)14(2,15)12-8-5-4-6-9-12/h3-6,8-9H,1,7,10-11,15H2,2H3,(H,16,17). The fourth-order valence-electron chi connectivity index (χ4n) is 1.54. The zero-order valence-electron chi connectivity index (χ0n) is 10.7. The van der Waals surface area contributed by atoms with Gasteiger partial charge < -0.3 is 15.8 Å². The molecule has 1 rings (SSSR count). The topological polar surface area (TPSA) is 64.3 Å². The average Bonchev–Trinajstić information content (AvgIpc) is 2.39. The number of amides is 1. The number of carbonyl (C=O) groups is 1. The first-order chi connectivity index (χ1) is 8.59. The summed E-state index contributed by atoms with van der Waals surface area (Å²) in [5, 5.41) is 2.80. The number of rotatable bonds is 7. The maximum atomic E-state index is 12.0. The summed E-state index contributed by atoms with van der Waals surface area (Å²) in [5.74, 6) is -0.188. The lowest BCUT2D eigenvalue weighted by Crippen LogP contribution is -2.49. The van der Waals surface area contributed by atoms with Crippen LogP contribution in [0.5, 0.6) is 0 Å². The molecular formula is C14H20N2O2. The summed E-state index contributed by atoms with van der Waals surface area (Å²) in [6.07, 6.45) is 2.11. The lowest BCUT2D eigenvalue weighted by atomic mass is 9.92. The molecule has 1 unspecified atom stereocenters. The highest BCUT2D eigenvalue weighted by atomic mass is 16.5. The summed E-state index contributed by atoms with van der Waals surface area (Å²) in [6.45, 7) is 6.22. The van der Waals surface area contributed by atoms with Gasteiger partial charge in [-0.25, -0.2) is 0 Å². The van der Waals surface area contributed by atoms with E-state index in [9.17, 15) is 4.79 Å². The molecule has 0 radical (unpaired) electrons. The summed E-state index contributed by atoms with van der Waals surface area (Å²) in [6, 6.07) is 9.32. The minimum atomic E-state index is -1.01. The summed E-state index contributed by atoms with van der Waals surface area (Å²) < 4.78 is 4.97. The van der Waals surface area contributed by atoms with Crippen LogP contribution in [0, 0.1) is 0 Å². The van der Waals surface area contributed by atoms with E-state index in [1.165, 1.54) is 6.26 Å². The first-order valence-corrected chi connectivity index (χ1v) is 5.94. The molecule has 0 saturated carbocycles. The van der Waals surface area contributed by atoms with Crippen molar-refractivity contribution in [1.29, 1.82) is 0 Å². The molecule has 1 atom stereocenters. The number of nitrogens with one attached hydrogen (secondary N) is 1. The molecule has 3 N–H and O–H groups in total. The monoisotopic (exact) mass is 248 g/mol. The smallest absolute Gasteiger partial charge is 0.244 e. The molecule has 18 heavy (non-hydrogen) atoms. The summed E-state index contributed by atoms with van der Waals surface area (Å²) >= 11 is 0. The highest BCUT2D eigenvalue weighted by molar-refractivity contribution is 5.86. The molecule has 1 aromatic carbocycles. The summed E-state index contributed by atoms with van der Waals surface area (Å²) in [7, 11) is 0. The molecule has 0 bridgehead atoms. The third-order valence-electron chi connectivity index (χ3n) is 2.69. The Morgan fingerprint density at radius 3 is 2.78 bits per heavy atom. The van der Waals surface area contributed by atoms with Crippen LogP contribution in [-0.2, 0) is 15.1 Å². The quantitative estimate of drug-likeness (QED) is 0.568. The molecule has 0 heterocycles. The van der Waals surface area contributed by atoms with Crippen LogP contribution in [0.25, 0.3) is 0 Å². The van der Waals surface area contributed by atoms with Crippen molar-refractivity contribution in [2.75, 3.05) is 13.2 Å². The Morgan fingerprint density at radius 1 is 1.50 bits per heavy atom. The van der Waals surface area contributed by atoms with Gasteiger partial charge in [-0.3, -0.25) is 4.79 Å². The summed E-state index contributed by atoms with van der Waals surface area (Å²) in [5.41, 5.74) is 5.85. The zero-order valence-corrected chi connectivity index (χ0v) is 10.7. The SMILES string of the molecule is C=COCCCNC(=O)C(C)(N)c1ccccc1. The second-order valence-electron chi connectivity index (χ2n) is 4.22. The molecule has 0 spiro atoms. The highest BCUT2D eigenvalue weighted by Gasteiger charge is 2.29. The van der Waals surface area contributed by atoms with Crippen LogP contribution < -0.4 is 11.1 Å². The average molecular weight is 248 g/mol. The van der Waals surface area contributed by atoms with Crippen LogP contribution in [-0.4, -0.2) is 19.1 Å². The maximum Gasteiger partial charge on any atom is 0.244 e. The normalized spacial score (nSPS) is 13.4. The predicted molar refractivity (Wildman–Crippen MR) is 71.8 cm³/mol. The van der Waals surface area contributed by atoms with Crippen LogP contribution in [0.4, 0.5) is 0 Å². The van der Waals surface area contributed by atoms with Crippen LogP contribution >= 0.6 is 0 Å². The second kappa shape index (κ2) is 6.81. The van der Waals surface area contributed by atoms with Gasteiger partial charge in [0.1, 0.15) is 5.54 Å². The van der Waals surface area contributed by atoms with Gasteiger partial charge in [0.2, 0.25) is 5.91 Å². The Morgan fingerprint density at radius 2 is 2.17 bits per heavy atom. The van der Waals surface area contributed by atoms with Crippen molar-refractivity contribution in [2.45, 2.75) is 18.9 Å². The molecule has 1 aromatic rings. The van der Waals surface area contributed by atoms with Crippen LogP contribution in [0.3, 0.4) is 0 Å². The lowest BCUT2D eigenvalue weighted by molar-refractivity contribution is -0.126. The van der Waals surface area contributed by atoms with Crippen molar-refractivity contribution in [3.05, 3.63) is 48.7 Å². The Bertz CT molecular complexity index is 388. The van der Waals surface area contributed by atoms with Gasteiger partial charge in [-0.15, -0.1) is 0 Å². The molecule has 98 valence electrons. The molecule has 0 saturated heterocycles. The van der Waals surface area contributed by atoms with Crippen LogP contribution in [0.15, 0.2) is 43.2 Å².